The largest absolute Gasteiger partial charge is 0.0957 e. The van der Waals surface area contributed by atoms with Gasteiger partial charge in [0.2, 0.25) is 0 Å². The molecule has 3 heteroatoms. The zero-order valence-electron chi connectivity index (χ0n) is 13.9. The Morgan fingerprint density at radius 1 is 0.773 bits per heavy atom. The predicted octanol–water partition coefficient (Wildman–Crippen LogP) is 5.37. The molecule has 0 spiro atoms. The fourth-order valence-corrected chi connectivity index (χ4v) is 13.3. The summed E-state index contributed by atoms with van der Waals surface area (Å²) in [4.78, 5) is 0. The second kappa shape index (κ2) is 7.87. The van der Waals surface area contributed by atoms with Crippen LogP contribution in [0.25, 0.3) is 0 Å². The van der Waals surface area contributed by atoms with Crippen LogP contribution in [0.15, 0.2) is 60.7 Å². The van der Waals surface area contributed by atoms with E-state index in [0.29, 0.717) is 0 Å². The molecule has 0 fully saturated rings. The van der Waals surface area contributed by atoms with Crippen LogP contribution < -0.4 is 10.6 Å². The zero-order valence-corrected chi connectivity index (χ0v) is 16.5. The van der Waals surface area contributed by atoms with Crippen LogP contribution in [0.5, 0.6) is 0 Å². The number of benzene rings is 2. The van der Waals surface area contributed by atoms with Gasteiger partial charge in [0, 0.05) is 11.9 Å². The molecule has 0 saturated carbocycles. The van der Waals surface area contributed by atoms with E-state index in [2.05, 4.69) is 88.4 Å². The minimum Gasteiger partial charge on any atom is -0.0957 e. The Hall–Kier alpha value is -0.480. The number of rotatable bonds is 6. The van der Waals surface area contributed by atoms with Crippen molar-refractivity contribution in [2.24, 2.45) is 0 Å². The third-order valence-electron chi connectivity index (χ3n) is 4.04. The molecule has 2 rings (SSSR count). The van der Waals surface area contributed by atoms with Crippen LogP contribution in [-0.2, 0) is 11.8 Å². The molecule has 0 atom stereocenters. The molecule has 0 aromatic heterocycles. The highest BCUT2D eigenvalue weighted by Crippen LogP contribution is 2.59. The van der Waals surface area contributed by atoms with Crippen molar-refractivity contribution >= 4 is 36.4 Å². The first-order valence-corrected chi connectivity index (χ1v) is 12.6. The fraction of sp³-hybridized carbons (Fsp3) is 0.368. The van der Waals surface area contributed by atoms with Gasteiger partial charge in [-0.25, -0.2) is 0 Å². The van der Waals surface area contributed by atoms with Gasteiger partial charge >= 0.3 is 0 Å². The van der Waals surface area contributed by atoms with Gasteiger partial charge in [0.1, 0.15) is 0 Å². The topological polar surface area (TPSA) is 0 Å². The Labute approximate surface area is 142 Å². The fourth-order valence-electron chi connectivity index (χ4n) is 2.80. The highest BCUT2D eigenvalue weighted by molar-refractivity contribution is 8.24. The van der Waals surface area contributed by atoms with E-state index in [4.69, 9.17) is 11.8 Å². The lowest BCUT2D eigenvalue weighted by atomic mass is 10.4. The summed E-state index contributed by atoms with van der Waals surface area (Å²) < 4.78 is 0. The summed E-state index contributed by atoms with van der Waals surface area (Å²) in [5, 5.41) is 2.73. The number of hydrogen-bond acceptors (Lipinski definition) is 1. The van der Waals surface area contributed by atoms with Crippen LogP contribution >= 0.6 is 14.0 Å². The lowest BCUT2D eigenvalue weighted by Gasteiger charge is -2.33. The van der Waals surface area contributed by atoms with Crippen molar-refractivity contribution in [2.75, 3.05) is 5.90 Å². The molecule has 0 saturated heterocycles. The van der Waals surface area contributed by atoms with Crippen LogP contribution in [0.1, 0.15) is 27.7 Å². The van der Waals surface area contributed by atoms with Crippen molar-refractivity contribution in [3.8, 4) is 0 Å². The molecule has 0 heterocycles. The van der Waals surface area contributed by atoms with Gasteiger partial charge in [-0.1, -0.05) is 108 Å². The van der Waals surface area contributed by atoms with Crippen LogP contribution in [0, 0.1) is 0 Å². The minimum atomic E-state index is -1.73. The summed E-state index contributed by atoms with van der Waals surface area (Å²) in [5.41, 5.74) is 1.45. The van der Waals surface area contributed by atoms with Gasteiger partial charge in [-0.2, -0.15) is 0 Å². The van der Waals surface area contributed by atoms with Gasteiger partial charge in [0.05, 0.1) is 0 Å². The SMILES string of the molecule is CC(C)P(CP(=S)(c1ccccc1)c1ccccc1)C(C)C. The monoisotopic (exact) mass is 348 g/mol. The van der Waals surface area contributed by atoms with E-state index in [1.165, 1.54) is 16.5 Å². The summed E-state index contributed by atoms with van der Waals surface area (Å²) in [7, 11) is -0.0687. The van der Waals surface area contributed by atoms with Crippen LogP contribution in [0.4, 0.5) is 0 Å². The first-order valence-electron chi connectivity index (χ1n) is 7.91. The Bertz CT molecular complexity index is 569. The van der Waals surface area contributed by atoms with Crippen LogP contribution in [0.3, 0.4) is 0 Å². The van der Waals surface area contributed by atoms with E-state index >= 15 is 0 Å². The first kappa shape index (κ1) is 17.9. The molecular weight excluding hydrogens is 322 g/mol. The average Bonchev–Trinajstić information content (AvgIpc) is 2.53. The summed E-state index contributed by atoms with van der Waals surface area (Å²) >= 11 is 6.38. The third kappa shape index (κ3) is 4.08. The van der Waals surface area contributed by atoms with Crippen molar-refractivity contribution < 1.29 is 0 Å². The average molecular weight is 348 g/mol. The molecule has 22 heavy (non-hydrogen) atoms. The predicted molar refractivity (Wildman–Crippen MR) is 108 cm³/mol. The molecule has 118 valence electrons. The van der Waals surface area contributed by atoms with E-state index in [0.717, 1.165) is 11.3 Å². The molecular formula is C19H26P2S. The minimum absolute atomic E-state index is 0.0687. The molecule has 0 aliphatic heterocycles. The number of hydrogen-bond donors (Lipinski definition) is 0. The van der Waals surface area contributed by atoms with E-state index in [1.807, 2.05) is 0 Å². The van der Waals surface area contributed by atoms with Gasteiger partial charge in [-0.15, -0.1) is 0 Å². The van der Waals surface area contributed by atoms with E-state index in [1.54, 1.807) is 0 Å². The van der Waals surface area contributed by atoms with Crippen molar-refractivity contribution in [3.05, 3.63) is 60.7 Å². The van der Waals surface area contributed by atoms with Gasteiger partial charge in [0.25, 0.3) is 0 Å². The maximum absolute atomic E-state index is 6.38. The Morgan fingerprint density at radius 3 is 1.45 bits per heavy atom. The molecule has 0 nitrogen and oxygen atoms in total. The van der Waals surface area contributed by atoms with E-state index < -0.39 is 6.04 Å². The van der Waals surface area contributed by atoms with E-state index in [9.17, 15) is 0 Å². The lowest BCUT2D eigenvalue weighted by molar-refractivity contribution is 1.01. The van der Waals surface area contributed by atoms with Crippen molar-refractivity contribution in [1.82, 2.24) is 0 Å². The zero-order chi connectivity index (χ0) is 16.2. The standard InChI is InChI=1S/C19H26P2S/c1-16(2)20(17(3)4)15-21(22,18-11-7-5-8-12-18)19-13-9-6-10-14-19/h5-14,16-17H,15H2,1-4H3. The van der Waals surface area contributed by atoms with Crippen molar-refractivity contribution in [1.29, 1.82) is 0 Å². The highest BCUT2D eigenvalue weighted by atomic mass is 32.4. The molecule has 2 aromatic rings. The molecule has 0 amide bonds. The maximum atomic E-state index is 6.38. The lowest BCUT2D eigenvalue weighted by Crippen LogP contribution is -2.20. The second-order valence-corrected chi connectivity index (χ2v) is 14.9. The Balaban J connectivity index is 2.50. The smallest absolute Gasteiger partial charge is 0.0147 e. The molecule has 0 bridgehead atoms. The van der Waals surface area contributed by atoms with Gasteiger partial charge in [-0.3, -0.25) is 0 Å². The van der Waals surface area contributed by atoms with E-state index in [-0.39, 0.29) is 7.92 Å². The third-order valence-corrected chi connectivity index (χ3v) is 14.2. The normalized spacial score (nSPS) is 12.3. The molecule has 0 N–H and O–H groups in total. The summed E-state index contributed by atoms with van der Waals surface area (Å²) in [6.45, 7) is 9.45. The summed E-state index contributed by atoms with van der Waals surface area (Å²) in [6, 6.07) is 19.9. The maximum Gasteiger partial charge on any atom is 0.0147 e. The molecule has 0 radical (unpaired) electrons. The summed E-state index contributed by atoms with van der Waals surface area (Å²) in [6.07, 6.45) is 0. The molecule has 0 aliphatic rings. The second-order valence-electron chi connectivity index (χ2n) is 6.25. The Kier molecular flexibility index (Phi) is 6.39. The first-order chi connectivity index (χ1) is 10.4. The van der Waals surface area contributed by atoms with Crippen LogP contribution in [-0.4, -0.2) is 17.2 Å². The molecule has 0 aliphatic carbocycles. The van der Waals surface area contributed by atoms with Gasteiger partial charge in [0.15, 0.2) is 0 Å². The highest BCUT2D eigenvalue weighted by Gasteiger charge is 2.29. The molecule has 0 unspecified atom stereocenters. The Morgan fingerprint density at radius 2 is 1.14 bits per heavy atom. The molecule has 2 aromatic carbocycles. The van der Waals surface area contributed by atoms with Gasteiger partial charge < -0.3 is 0 Å². The van der Waals surface area contributed by atoms with Crippen molar-refractivity contribution in [2.45, 2.75) is 39.0 Å². The van der Waals surface area contributed by atoms with Crippen LogP contribution in [0.2, 0.25) is 0 Å². The van der Waals surface area contributed by atoms with Gasteiger partial charge in [-0.05, 0) is 21.9 Å². The van der Waals surface area contributed by atoms with Crippen molar-refractivity contribution in [3.63, 3.8) is 0 Å². The summed E-state index contributed by atoms with van der Waals surface area (Å²) in [5.74, 6) is 1.18. The quantitative estimate of drug-likeness (QED) is 0.632.